The normalized spacial score (nSPS) is 13.8. The predicted molar refractivity (Wildman–Crippen MR) is 128 cm³/mol. The number of benzene rings is 3. The Morgan fingerprint density at radius 3 is 2.55 bits per heavy atom. The van der Waals surface area contributed by atoms with Crippen molar-refractivity contribution in [3.05, 3.63) is 93.8 Å². The first-order valence-corrected chi connectivity index (χ1v) is 10.9. The molecular formula is C26H18BrNO5. The standard InChI is InChI=1S/C26H18BrNO5/c1-28-14-16(21-12-18(31-2)8-10-22(21)28)11-24-25(29)20-9-7-19(13-23(20)33-24)32-26(30)15-3-5-17(27)6-4-15/h3-14H,1-2H3/b24-11-. The van der Waals surface area contributed by atoms with E-state index in [-0.39, 0.29) is 11.5 Å². The molecule has 1 aliphatic heterocycles. The van der Waals surface area contributed by atoms with Gasteiger partial charge in [-0.05, 0) is 60.7 Å². The smallest absolute Gasteiger partial charge is 0.343 e. The van der Waals surface area contributed by atoms with Gasteiger partial charge in [0.05, 0.1) is 18.2 Å². The maximum atomic E-state index is 12.9. The number of aromatic nitrogens is 1. The number of ketones is 1. The molecule has 3 aromatic carbocycles. The minimum atomic E-state index is -0.493. The van der Waals surface area contributed by atoms with Crippen LogP contribution in [0.3, 0.4) is 0 Å². The fourth-order valence-corrected chi connectivity index (χ4v) is 4.03. The highest BCUT2D eigenvalue weighted by atomic mass is 79.9. The van der Waals surface area contributed by atoms with Crippen molar-refractivity contribution in [1.82, 2.24) is 4.57 Å². The second-order valence-corrected chi connectivity index (χ2v) is 8.49. The summed E-state index contributed by atoms with van der Waals surface area (Å²) >= 11 is 3.34. The van der Waals surface area contributed by atoms with Crippen molar-refractivity contribution in [3.63, 3.8) is 0 Å². The molecule has 6 nitrogen and oxygen atoms in total. The Labute approximate surface area is 198 Å². The first kappa shape index (κ1) is 21.0. The summed E-state index contributed by atoms with van der Waals surface area (Å²) in [7, 11) is 3.55. The van der Waals surface area contributed by atoms with E-state index in [9.17, 15) is 9.59 Å². The summed E-state index contributed by atoms with van der Waals surface area (Å²) in [5, 5.41) is 0.945. The first-order valence-electron chi connectivity index (χ1n) is 10.1. The van der Waals surface area contributed by atoms with E-state index in [1.54, 1.807) is 55.7 Å². The highest BCUT2D eigenvalue weighted by Gasteiger charge is 2.28. The van der Waals surface area contributed by atoms with Gasteiger partial charge in [0.2, 0.25) is 5.78 Å². The third-order valence-electron chi connectivity index (χ3n) is 5.45. The number of esters is 1. The first-order chi connectivity index (χ1) is 15.9. The average molecular weight is 504 g/mol. The average Bonchev–Trinajstić information content (AvgIpc) is 3.29. The van der Waals surface area contributed by atoms with Gasteiger partial charge in [0.15, 0.2) is 5.76 Å². The highest BCUT2D eigenvalue weighted by Crippen LogP contribution is 2.36. The summed E-state index contributed by atoms with van der Waals surface area (Å²) in [5.41, 5.74) is 2.68. The molecule has 0 amide bonds. The Morgan fingerprint density at radius 1 is 1.03 bits per heavy atom. The molecule has 0 saturated carbocycles. The number of hydrogen-bond acceptors (Lipinski definition) is 5. The molecule has 0 N–H and O–H groups in total. The van der Waals surface area contributed by atoms with Gasteiger partial charge in [-0.1, -0.05) is 15.9 Å². The van der Waals surface area contributed by atoms with Crippen molar-refractivity contribution in [2.45, 2.75) is 0 Å². The molecule has 0 radical (unpaired) electrons. The van der Waals surface area contributed by atoms with Gasteiger partial charge in [-0.2, -0.15) is 0 Å². The van der Waals surface area contributed by atoms with Gasteiger partial charge >= 0.3 is 5.97 Å². The summed E-state index contributed by atoms with van der Waals surface area (Å²) in [4.78, 5) is 25.3. The number of nitrogens with zero attached hydrogens (tertiary/aromatic N) is 1. The fraction of sp³-hybridized carbons (Fsp3) is 0.0769. The molecule has 164 valence electrons. The zero-order valence-corrected chi connectivity index (χ0v) is 19.4. The Morgan fingerprint density at radius 2 is 1.79 bits per heavy atom. The van der Waals surface area contributed by atoms with E-state index < -0.39 is 5.97 Å². The van der Waals surface area contributed by atoms with Crippen LogP contribution in [-0.2, 0) is 7.05 Å². The second-order valence-electron chi connectivity index (χ2n) is 7.57. The van der Waals surface area contributed by atoms with Crippen molar-refractivity contribution < 1.29 is 23.8 Å². The number of fused-ring (bicyclic) bond motifs is 2. The zero-order valence-electron chi connectivity index (χ0n) is 17.8. The van der Waals surface area contributed by atoms with Crippen molar-refractivity contribution in [2.75, 3.05) is 7.11 Å². The number of carbonyl (C=O) groups excluding carboxylic acids is 2. The van der Waals surface area contributed by atoms with Crippen LogP contribution in [0, 0.1) is 0 Å². The lowest BCUT2D eigenvalue weighted by molar-refractivity contribution is 0.0734. The van der Waals surface area contributed by atoms with Crippen molar-refractivity contribution in [2.24, 2.45) is 7.05 Å². The number of aryl methyl sites for hydroxylation is 1. The van der Waals surface area contributed by atoms with Crippen LogP contribution in [0.2, 0.25) is 0 Å². The Kier molecular flexibility index (Phi) is 5.26. The van der Waals surface area contributed by atoms with Crippen LogP contribution < -0.4 is 14.2 Å². The number of methoxy groups -OCH3 is 1. The molecule has 7 heteroatoms. The number of hydrogen-bond donors (Lipinski definition) is 0. The van der Waals surface area contributed by atoms with Gasteiger partial charge in [-0.15, -0.1) is 0 Å². The minimum absolute atomic E-state index is 0.205. The largest absolute Gasteiger partial charge is 0.497 e. The number of halogens is 1. The van der Waals surface area contributed by atoms with Crippen LogP contribution in [0.1, 0.15) is 26.3 Å². The fourth-order valence-electron chi connectivity index (χ4n) is 3.77. The lowest BCUT2D eigenvalue weighted by atomic mass is 10.1. The molecule has 1 aliphatic rings. The lowest BCUT2D eigenvalue weighted by Crippen LogP contribution is -2.08. The Balaban J connectivity index is 1.42. The molecule has 5 rings (SSSR count). The molecule has 0 aliphatic carbocycles. The van der Waals surface area contributed by atoms with E-state index in [1.807, 2.05) is 36.0 Å². The highest BCUT2D eigenvalue weighted by molar-refractivity contribution is 9.10. The van der Waals surface area contributed by atoms with Crippen LogP contribution in [-0.4, -0.2) is 23.4 Å². The van der Waals surface area contributed by atoms with E-state index >= 15 is 0 Å². The Bertz CT molecular complexity index is 1450. The SMILES string of the molecule is COc1ccc2c(c1)c(/C=C1\Oc3cc(OC(=O)c4ccc(Br)cc4)ccc3C1=O)cn2C. The molecule has 0 unspecified atom stereocenters. The lowest BCUT2D eigenvalue weighted by Gasteiger charge is -2.06. The quantitative estimate of drug-likeness (QED) is 0.200. The van der Waals surface area contributed by atoms with Crippen molar-refractivity contribution in [3.8, 4) is 17.2 Å². The van der Waals surface area contributed by atoms with Gasteiger partial charge in [0.25, 0.3) is 0 Å². The molecule has 0 fully saturated rings. The van der Waals surface area contributed by atoms with Crippen LogP contribution >= 0.6 is 15.9 Å². The third kappa shape index (κ3) is 3.91. The molecule has 0 bridgehead atoms. The van der Waals surface area contributed by atoms with Crippen LogP contribution in [0.4, 0.5) is 0 Å². The molecule has 4 aromatic rings. The van der Waals surface area contributed by atoms with Gasteiger partial charge in [-0.3, -0.25) is 4.79 Å². The summed E-state index contributed by atoms with van der Waals surface area (Å²) in [5.74, 6) is 0.864. The van der Waals surface area contributed by atoms with Crippen LogP contribution in [0.5, 0.6) is 17.2 Å². The van der Waals surface area contributed by atoms with Crippen LogP contribution in [0.15, 0.2) is 77.1 Å². The van der Waals surface area contributed by atoms with Gasteiger partial charge < -0.3 is 18.8 Å². The molecule has 33 heavy (non-hydrogen) atoms. The number of allylic oxidation sites excluding steroid dienone is 1. The summed E-state index contributed by atoms with van der Waals surface area (Å²) < 4.78 is 19.5. The molecule has 0 atom stereocenters. The number of ether oxygens (including phenoxy) is 3. The topological polar surface area (TPSA) is 66.8 Å². The maximum absolute atomic E-state index is 12.9. The van der Waals surface area contributed by atoms with E-state index in [0.29, 0.717) is 22.6 Å². The monoisotopic (exact) mass is 503 g/mol. The van der Waals surface area contributed by atoms with Gasteiger partial charge in [-0.25, -0.2) is 4.79 Å². The molecule has 0 saturated heterocycles. The zero-order chi connectivity index (χ0) is 23.1. The molecule has 1 aromatic heterocycles. The summed E-state index contributed by atoms with van der Waals surface area (Å²) in [6.07, 6.45) is 3.65. The molecule has 0 spiro atoms. The predicted octanol–water partition coefficient (Wildman–Crippen LogP) is 5.78. The third-order valence-corrected chi connectivity index (χ3v) is 5.97. The second kappa shape index (κ2) is 8.26. The minimum Gasteiger partial charge on any atom is -0.497 e. The molecule has 2 heterocycles. The van der Waals surface area contributed by atoms with E-state index in [2.05, 4.69) is 15.9 Å². The maximum Gasteiger partial charge on any atom is 0.343 e. The van der Waals surface area contributed by atoms with Gasteiger partial charge in [0.1, 0.15) is 17.2 Å². The number of rotatable bonds is 4. The number of carbonyl (C=O) groups is 2. The van der Waals surface area contributed by atoms with Crippen LogP contribution in [0.25, 0.3) is 17.0 Å². The van der Waals surface area contributed by atoms with E-state index in [1.165, 1.54) is 0 Å². The van der Waals surface area contributed by atoms with E-state index in [4.69, 9.17) is 14.2 Å². The van der Waals surface area contributed by atoms with E-state index in [0.717, 1.165) is 26.7 Å². The van der Waals surface area contributed by atoms with Gasteiger partial charge in [0, 0.05) is 40.2 Å². The summed E-state index contributed by atoms with van der Waals surface area (Å²) in [6, 6.07) is 17.4. The molecular weight excluding hydrogens is 486 g/mol. The van der Waals surface area contributed by atoms with Crippen molar-refractivity contribution in [1.29, 1.82) is 0 Å². The Hall–Kier alpha value is -3.84. The van der Waals surface area contributed by atoms with Crippen molar-refractivity contribution >= 4 is 44.7 Å². The number of Topliss-reactive ketones (excluding diaryl/α,β-unsaturated/α-hetero) is 1. The summed E-state index contributed by atoms with van der Waals surface area (Å²) in [6.45, 7) is 0.